The van der Waals surface area contributed by atoms with E-state index in [2.05, 4.69) is 5.32 Å². The maximum Gasteiger partial charge on any atom is 0.246 e. The van der Waals surface area contributed by atoms with Crippen LogP contribution in [0.25, 0.3) is 6.08 Å². The van der Waals surface area contributed by atoms with Gasteiger partial charge in [-0.2, -0.15) is 0 Å². The van der Waals surface area contributed by atoms with Crippen molar-refractivity contribution >= 4 is 12.0 Å². The fourth-order valence-electron chi connectivity index (χ4n) is 2.30. The van der Waals surface area contributed by atoms with Gasteiger partial charge in [0.15, 0.2) is 11.5 Å². The molecule has 2 rings (SSSR count). The number of methoxy groups -OCH3 is 1. The number of carbonyl (C=O) groups is 1. The van der Waals surface area contributed by atoms with Crippen LogP contribution in [0.3, 0.4) is 0 Å². The van der Waals surface area contributed by atoms with E-state index in [0.29, 0.717) is 11.5 Å². The van der Waals surface area contributed by atoms with Crippen LogP contribution in [-0.2, 0) is 4.79 Å². The molecular formula is C17H24N2O3. The first-order valence-corrected chi connectivity index (χ1v) is 7.62. The Morgan fingerprint density at radius 3 is 2.64 bits per heavy atom. The Hall–Kier alpha value is -2.01. The van der Waals surface area contributed by atoms with Crippen molar-refractivity contribution in [3.05, 3.63) is 29.8 Å². The molecule has 0 unspecified atom stereocenters. The largest absolute Gasteiger partial charge is 0.493 e. The van der Waals surface area contributed by atoms with E-state index in [1.807, 2.05) is 43.0 Å². The van der Waals surface area contributed by atoms with Crippen molar-refractivity contribution in [1.29, 1.82) is 0 Å². The van der Waals surface area contributed by atoms with Gasteiger partial charge < -0.3 is 19.7 Å². The summed E-state index contributed by atoms with van der Waals surface area (Å²) < 4.78 is 11.0. The Balaban J connectivity index is 2.05. The molecule has 5 heteroatoms. The molecule has 1 aliphatic heterocycles. The minimum absolute atomic E-state index is 0.0444. The van der Waals surface area contributed by atoms with E-state index in [-0.39, 0.29) is 12.0 Å². The minimum atomic E-state index is 0.0444. The van der Waals surface area contributed by atoms with Gasteiger partial charge in [-0.3, -0.25) is 4.79 Å². The summed E-state index contributed by atoms with van der Waals surface area (Å²) in [5.74, 6) is 1.43. The second-order valence-electron chi connectivity index (χ2n) is 5.49. The number of carbonyl (C=O) groups excluding carboxylic acids is 1. The van der Waals surface area contributed by atoms with Crippen molar-refractivity contribution < 1.29 is 14.3 Å². The van der Waals surface area contributed by atoms with Crippen LogP contribution >= 0.6 is 0 Å². The summed E-state index contributed by atoms with van der Waals surface area (Å²) in [5.41, 5.74) is 0.913. The van der Waals surface area contributed by atoms with Crippen molar-refractivity contribution in [3.63, 3.8) is 0 Å². The first kappa shape index (κ1) is 16.4. The van der Waals surface area contributed by atoms with Gasteiger partial charge in [-0.05, 0) is 37.6 Å². The molecular weight excluding hydrogens is 280 g/mol. The zero-order valence-corrected chi connectivity index (χ0v) is 13.5. The summed E-state index contributed by atoms with van der Waals surface area (Å²) >= 11 is 0. The van der Waals surface area contributed by atoms with Gasteiger partial charge in [-0.1, -0.05) is 6.07 Å². The molecule has 0 aromatic heterocycles. The lowest BCUT2D eigenvalue weighted by atomic mass is 10.2. The van der Waals surface area contributed by atoms with Gasteiger partial charge in [-0.25, -0.2) is 0 Å². The van der Waals surface area contributed by atoms with Gasteiger partial charge in [0.05, 0.1) is 13.2 Å². The number of rotatable bonds is 5. The molecule has 22 heavy (non-hydrogen) atoms. The molecule has 0 atom stereocenters. The van der Waals surface area contributed by atoms with Crippen LogP contribution in [0.15, 0.2) is 24.3 Å². The van der Waals surface area contributed by atoms with Gasteiger partial charge in [0.2, 0.25) is 5.91 Å². The van der Waals surface area contributed by atoms with Crippen molar-refractivity contribution in [2.75, 3.05) is 33.3 Å². The molecule has 0 spiro atoms. The molecule has 1 N–H and O–H groups in total. The molecule has 0 saturated carbocycles. The van der Waals surface area contributed by atoms with Crippen LogP contribution in [0.1, 0.15) is 19.4 Å². The smallest absolute Gasteiger partial charge is 0.246 e. The minimum Gasteiger partial charge on any atom is -0.493 e. The molecule has 1 fully saturated rings. The lowest BCUT2D eigenvalue weighted by molar-refractivity contribution is -0.126. The van der Waals surface area contributed by atoms with E-state index in [1.165, 1.54) is 0 Å². The lowest BCUT2D eigenvalue weighted by Gasteiger charge is -2.26. The fraction of sp³-hybridized carbons (Fsp3) is 0.471. The molecule has 0 radical (unpaired) electrons. The highest BCUT2D eigenvalue weighted by atomic mass is 16.5. The Bertz CT molecular complexity index is 535. The highest BCUT2D eigenvalue weighted by molar-refractivity contribution is 5.92. The Kier molecular flexibility index (Phi) is 5.83. The topological polar surface area (TPSA) is 50.8 Å². The van der Waals surface area contributed by atoms with E-state index < -0.39 is 0 Å². The summed E-state index contributed by atoms with van der Waals surface area (Å²) in [7, 11) is 1.61. The third-order valence-corrected chi connectivity index (χ3v) is 3.40. The van der Waals surface area contributed by atoms with Gasteiger partial charge in [0.25, 0.3) is 0 Å². The number of nitrogens with zero attached hydrogens (tertiary/aromatic N) is 1. The SMILES string of the molecule is COc1cc(/C=C/C(=O)N2CCNCC2)ccc1OC(C)C. The van der Waals surface area contributed by atoms with Crippen molar-refractivity contribution in [1.82, 2.24) is 10.2 Å². The quantitative estimate of drug-likeness (QED) is 0.845. The standard InChI is InChI=1S/C17H24N2O3/c1-13(2)22-15-6-4-14(12-16(15)21-3)5-7-17(20)19-10-8-18-9-11-19/h4-7,12-13,18H,8-11H2,1-3H3/b7-5+. The maximum absolute atomic E-state index is 12.1. The molecule has 1 saturated heterocycles. The number of benzene rings is 1. The number of hydrogen-bond donors (Lipinski definition) is 1. The molecule has 0 bridgehead atoms. The van der Waals surface area contributed by atoms with Gasteiger partial charge in [0, 0.05) is 32.3 Å². The predicted octanol–water partition coefficient (Wildman–Crippen LogP) is 1.93. The van der Waals surface area contributed by atoms with Crippen molar-refractivity contribution in [3.8, 4) is 11.5 Å². The molecule has 1 aromatic rings. The predicted molar refractivity (Wildman–Crippen MR) is 87.2 cm³/mol. The first-order valence-electron chi connectivity index (χ1n) is 7.62. The number of ether oxygens (including phenoxy) is 2. The highest BCUT2D eigenvalue weighted by Gasteiger charge is 2.13. The lowest BCUT2D eigenvalue weighted by Crippen LogP contribution is -2.45. The third-order valence-electron chi connectivity index (χ3n) is 3.40. The second-order valence-corrected chi connectivity index (χ2v) is 5.49. The van der Waals surface area contributed by atoms with E-state index in [1.54, 1.807) is 13.2 Å². The zero-order chi connectivity index (χ0) is 15.9. The van der Waals surface area contributed by atoms with E-state index >= 15 is 0 Å². The van der Waals surface area contributed by atoms with Gasteiger partial charge in [0.1, 0.15) is 0 Å². The monoisotopic (exact) mass is 304 g/mol. The number of piperazine rings is 1. The van der Waals surface area contributed by atoms with Crippen LogP contribution in [0.2, 0.25) is 0 Å². The first-order chi connectivity index (χ1) is 10.6. The average Bonchev–Trinajstić information content (AvgIpc) is 2.54. The zero-order valence-electron chi connectivity index (χ0n) is 13.5. The summed E-state index contributed by atoms with van der Waals surface area (Å²) in [6, 6.07) is 5.66. The molecule has 1 heterocycles. The molecule has 1 aliphatic rings. The summed E-state index contributed by atoms with van der Waals surface area (Å²) in [4.78, 5) is 13.9. The van der Waals surface area contributed by atoms with Gasteiger partial charge >= 0.3 is 0 Å². The fourth-order valence-corrected chi connectivity index (χ4v) is 2.30. The normalized spacial score (nSPS) is 15.4. The Labute approximate surface area is 131 Å². The second kappa shape index (κ2) is 7.84. The Morgan fingerprint density at radius 2 is 2.00 bits per heavy atom. The summed E-state index contributed by atoms with van der Waals surface area (Å²) in [6.45, 7) is 7.17. The van der Waals surface area contributed by atoms with Crippen LogP contribution in [0.5, 0.6) is 11.5 Å². The highest BCUT2D eigenvalue weighted by Crippen LogP contribution is 2.29. The van der Waals surface area contributed by atoms with Crippen LogP contribution in [0, 0.1) is 0 Å². The van der Waals surface area contributed by atoms with Crippen LogP contribution in [0.4, 0.5) is 0 Å². The maximum atomic E-state index is 12.1. The Morgan fingerprint density at radius 1 is 1.27 bits per heavy atom. The molecule has 5 nitrogen and oxygen atoms in total. The van der Waals surface area contributed by atoms with Crippen LogP contribution < -0.4 is 14.8 Å². The average molecular weight is 304 g/mol. The molecule has 0 aliphatic carbocycles. The summed E-state index contributed by atoms with van der Waals surface area (Å²) in [6.07, 6.45) is 3.51. The molecule has 120 valence electrons. The summed E-state index contributed by atoms with van der Waals surface area (Å²) in [5, 5.41) is 3.23. The van der Waals surface area contributed by atoms with Crippen molar-refractivity contribution in [2.24, 2.45) is 0 Å². The van der Waals surface area contributed by atoms with E-state index in [9.17, 15) is 4.79 Å². The molecule has 1 aromatic carbocycles. The van der Waals surface area contributed by atoms with E-state index in [0.717, 1.165) is 31.7 Å². The number of hydrogen-bond acceptors (Lipinski definition) is 4. The van der Waals surface area contributed by atoms with E-state index in [4.69, 9.17) is 9.47 Å². The van der Waals surface area contributed by atoms with Crippen LogP contribution in [-0.4, -0.2) is 50.2 Å². The third kappa shape index (κ3) is 4.49. The number of amides is 1. The van der Waals surface area contributed by atoms with Gasteiger partial charge in [-0.15, -0.1) is 0 Å². The number of nitrogens with one attached hydrogen (secondary N) is 1. The molecule has 1 amide bonds. The van der Waals surface area contributed by atoms with Crippen molar-refractivity contribution in [2.45, 2.75) is 20.0 Å².